The topological polar surface area (TPSA) is 45.1 Å². The van der Waals surface area contributed by atoms with Crippen LogP contribution in [0.25, 0.3) is 10.6 Å². The molecule has 20 heavy (non-hydrogen) atoms. The van der Waals surface area contributed by atoms with E-state index in [1.54, 1.807) is 23.5 Å². The van der Waals surface area contributed by atoms with Gasteiger partial charge in [0.15, 0.2) is 0 Å². The summed E-state index contributed by atoms with van der Waals surface area (Å²) in [7, 11) is 0. The zero-order valence-corrected chi connectivity index (χ0v) is 13.0. The van der Waals surface area contributed by atoms with Crippen molar-refractivity contribution in [3.8, 4) is 16.3 Å². The SMILES string of the molecule is CCCNCc1sc(-c2cccc(O)c2)nc1CCC. The number of hydrogen-bond donors (Lipinski definition) is 2. The van der Waals surface area contributed by atoms with Crippen molar-refractivity contribution in [3.63, 3.8) is 0 Å². The van der Waals surface area contributed by atoms with Gasteiger partial charge in [0, 0.05) is 17.0 Å². The highest BCUT2D eigenvalue weighted by molar-refractivity contribution is 7.15. The molecule has 2 N–H and O–H groups in total. The van der Waals surface area contributed by atoms with Crippen LogP contribution in [-0.4, -0.2) is 16.6 Å². The molecule has 0 saturated carbocycles. The summed E-state index contributed by atoms with van der Waals surface area (Å²) in [5.41, 5.74) is 2.19. The number of benzene rings is 1. The van der Waals surface area contributed by atoms with E-state index in [4.69, 9.17) is 4.98 Å². The van der Waals surface area contributed by atoms with Gasteiger partial charge in [0.25, 0.3) is 0 Å². The third kappa shape index (κ3) is 3.81. The Morgan fingerprint density at radius 2 is 2.10 bits per heavy atom. The number of hydrogen-bond acceptors (Lipinski definition) is 4. The van der Waals surface area contributed by atoms with Crippen LogP contribution in [0.1, 0.15) is 37.3 Å². The molecular weight excluding hydrogens is 268 g/mol. The number of aromatic hydroxyl groups is 1. The van der Waals surface area contributed by atoms with Crippen molar-refractivity contribution in [3.05, 3.63) is 34.8 Å². The van der Waals surface area contributed by atoms with Crippen molar-refractivity contribution in [2.24, 2.45) is 0 Å². The predicted octanol–water partition coefficient (Wildman–Crippen LogP) is 3.97. The van der Waals surface area contributed by atoms with Crippen LogP contribution in [0.15, 0.2) is 24.3 Å². The first kappa shape index (κ1) is 15.0. The van der Waals surface area contributed by atoms with Crippen LogP contribution in [-0.2, 0) is 13.0 Å². The molecule has 0 bridgehead atoms. The smallest absolute Gasteiger partial charge is 0.124 e. The molecule has 0 aliphatic carbocycles. The number of phenolic OH excluding ortho intramolecular Hbond substituents is 1. The van der Waals surface area contributed by atoms with Crippen LogP contribution in [0.2, 0.25) is 0 Å². The van der Waals surface area contributed by atoms with Gasteiger partial charge in [-0.15, -0.1) is 11.3 Å². The zero-order valence-electron chi connectivity index (χ0n) is 12.1. The van der Waals surface area contributed by atoms with Crippen molar-refractivity contribution >= 4 is 11.3 Å². The van der Waals surface area contributed by atoms with E-state index in [1.165, 1.54) is 10.6 Å². The molecule has 0 aliphatic rings. The standard InChI is InChI=1S/C16H22N2OS/c1-3-6-14-15(11-17-9-4-2)20-16(18-14)12-7-5-8-13(19)10-12/h5,7-8,10,17,19H,3-4,6,9,11H2,1-2H3. The number of phenols is 1. The average molecular weight is 290 g/mol. The summed E-state index contributed by atoms with van der Waals surface area (Å²) in [5.74, 6) is 0.292. The maximum Gasteiger partial charge on any atom is 0.124 e. The lowest BCUT2D eigenvalue weighted by atomic mass is 10.2. The highest BCUT2D eigenvalue weighted by Gasteiger charge is 2.12. The number of thiazole rings is 1. The molecule has 0 aliphatic heterocycles. The fourth-order valence-electron chi connectivity index (χ4n) is 2.09. The number of nitrogens with zero attached hydrogens (tertiary/aromatic N) is 1. The summed E-state index contributed by atoms with van der Waals surface area (Å²) in [6.45, 7) is 6.27. The molecule has 0 fully saturated rings. The lowest BCUT2D eigenvalue weighted by molar-refractivity contribution is 0.475. The van der Waals surface area contributed by atoms with Gasteiger partial charge < -0.3 is 10.4 Å². The van der Waals surface area contributed by atoms with Crippen LogP contribution in [0.4, 0.5) is 0 Å². The van der Waals surface area contributed by atoms with Gasteiger partial charge in [-0.3, -0.25) is 0 Å². The monoisotopic (exact) mass is 290 g/mol. The molecule has 2 rings (SSSR count). The van der Waals surface area contributed by atoms with Gasteiger partial charge in [-0.1, -0.05) is 32.4 Å². The Labute approximate surface area is 124 Å². The molecule has 0 unspecified atom stereocenters. The van der Waals surface area contributed by atoms with Gasteiger partial charge in [-0.2, -0.15) is 0 Å². The van der Waals surface area contributed by atoms with Crippen LogP contribution in [0.5, 0.6) is 5.75 Å². The van der Waals surface area contributed by atoms with Gasteiger partial charge in [0.2, 0.25) is 0 Å². The summed E-state index contributed by atoms with van der Waals surface area (Å²) in [6.07, 6.45) is 3.25. The Morgan fingerprint density at radius 1 is 1.25 bits per heavy atom. The molecule has 1 aromatic carbocycles. The second kappa shape index (κ2) is 7.41. The Kier molecular flexibility index (Phi) is 5.56. The third-order valence-electron chi connectivity index (χ3n) is 3.07. The van der Waals surface area contributed by atoms with E-state index in [2.05, 4.69) is 19.2 Å². The van der Waals surface area contributed by atoms with E-state index < -0.39 is 0 Å². The quantitative estimate of drug-likeness (QED) is 0.758. The Bertz CT molecular complexity index is 551. The summed E-state index contributed by atoms with van der Waals surface area (Å²) in [6, 6.07) is 7.32. The first-order valence-electron chi connectivity index (χ1n) is 7.23. The minimum absolute atomic E-state index is 0.292. The molecular formula is C16H22N2OS. The molecule has 0 spiro atoms. The predicted molar refractivity (Wildman–Crippen MR) is 85.2 cm³/mol. The highest BCUT2D eigenvalue weighted by atomic mass is 32.1. The van der Waals surface area contributed by atoms with Crippen molar-refractivity contribution in [2.45, 2.75) is 39.7 Å². The van der Waals surface area contributed by atoms with Crippen LogP contribution < -0.4 is 5.32 Å². The summed E-state index contributed by atoms with van der Waals surface area (Å²) < 4.78 is 0. The first-order valence-corrected chi connectivity index (χ1v) is 8.05. The lowest BCUT2D eigenvalue weighted by Gasteiger charge is -2.02. The molecule has 1 aromatic heterocycles. The van der Waals surface area contributed by atoms with Gasteiger partial charge in [0.1, 0.15) is 10.8 Å². The molecule has 0 atom stereocenters. The van der Waals surface area contributed by atoms with E-state index in [0.29, 0.717) is 5.75 Å². The minimum Gasteiger partial charge on any atom is -0.508 e. The Morgan fingerprint density at radius 3 is 2.80 bits per heavy atom. The molecule has 0 radical (unpaired) electrons. The van der Waals surface area contributed by atoms with Crippen molar-refractivity contribution in [1.82, 2.24) is 10.3 Å². The van der Waals surface area contributed by atoms with Crippen LogP contribution in [0.3, 0.4) is 0 Å². The van der Waals surface area contributed by atoms with Crippen LogP contribution >= 0.6 is 11.3 Å². The summed E-state index contributed by atoms with van der Waals surface area (Å²) in [4.78, 5) is 6.08. The van der Waals surface area contributed by atoms with E-state index in [1.807, 2.05) is 12.1 Å². The average Bonchev–Trinajstić information content (AvgIpc) is 2.83. The van der Waals surface area contributed by atoms with Crippen LogP contribution in [0, 0.1) is 0 Å². The fraction of sp³-hybridized carbons (Fsp3) is 0.438. The maximum absolute atomic E-state index is 9.59. The van der Waals surface area contributed by atoms with Gasteiger partial charge in [-0.25, -0.2) is 4.98 Å². The molecule has 2 aromatic rings. The zero-order chi connectivity index (χ0) is 14.4. The maximum atomic E-state index is 9.59. The third-order valence-corrected chi connectivity index (χ3v) is 4.22. The molecule has 3 nitrogen and oxygen atoms in total. The fourth-order valence-corrected chi connectivity index (χ4v) is 3.17. The van der Waals surface area contributed by atoms with Crippen molar-refractivity contribution in [2.75, 3.05) is 6.54 Å². The van der Waals surface area contributed by atoms with Gasteiger partial charge >= 0.3 is 0 Å². The minimum atomic E-state index is 0.292. The van der Waals surface area contributed by atoms with E-state index in [0.717, 1.165) is 42.9 Å². The summed E-state index contributed by atoms with van der Waals surface area (Å²) in [5, 5.41) is 14.0. The molecule has 1 heterocycles. The van der Waals surface area contributed by atoms with Crippen molar-refractivity contribution < 1.29 is 5.11 Å². The molecule has 0 saturated heterocycles. The van der Waals surface area contributed by atoms with Gasteiger partial charge in [0.05, 0.1) is 5.69 Å². The largest absolute Gasteiger partial charge is 0.508 e. The number of rotatable bonds is 7. The van der Waals surface area contributed by atoms with E-state index in [9.17, 15) is 5.11 Å². The Hall–Kier alpha value is -1.39. The normalized spacial score (nSPS) is 10.9. The molecule has 0 amide bonds. The number of nitrogens with one attached hydrogen (secondary N) is 1. The second-order valence-corrected chi connectivity index (χ2v) is 5.95. The summed E-state index contributed by atoms with van der Waals surface area (Å²) >= 11 is 1.73. The van der Waals surface area contributed by atoms with Gasteiger partial charge in [-0.05, 0) is 31.5 Å². The molecule has 108 valence electrons. The second-order valence-electron chi connectivity index (χ2n) is 4.87. The van der Waals surface area contributed by atoms with E-state index >= 15 is 0 Å². The molecule has 4 heteroatoms. The highest BCUT2D eigenvalue weighted by Crippen LogP contribution is 2.30. The van der Waals surface area contributed by atoms with E-state index in [-0.39, 0.29) is 0 Å². The number of aromatic nitrogens is 1. The first-order chi connectivity index (χ1) is 9.74. The van der Waals surface area contributed by atoms with Crippen molar-refractivity contribution in [1.29, 1.82) is 0 Å². The Balaban J connectivity index is 2.23. The number of aryl methyl sites for hydroxylation is 1. The lowest BCUT2D eigenvalue weighted by Crippen LogP contribution is -2.13.